The lowest BCUT2D eigenvalue weighted by atomic mass is 9.97. The lowest BCUT2D eigenvalue weighted by molar-refractivity contribution is 0.100. The Kier molecular flexibility index (Phi) is 3.23. The van der Waals surface area contributed by atoms with Gasteiger partial charge < -0.3 is 13.9 Å². The summed E-state index contributed by atoms with van der Waals surface area (Å²) in [6.45, 7) is 0. The second-order valence-corrected chi connectivity index (χ2v) is 4.31. The summed E-state index contributed by atoms with van der Waals surface area (Å²) in [5.74, 6) is 0.366. The van der Waals surface area contributed by atoms with Gasteiger partial charge in [-0.15, -0.1) is 0 Å². The quantitative estimate of drug-likeness (QED) is 0.738. The largest absolute Gasteiger partial charge is 0.466 e. The maximum absolute atomic E-state index is 12.4. The van der Waals surface area contributed by atoms with Crippen molar-refractivity contribution in [2.45, 2.75) is 6.10 Å². The van der Waals surface area contributed by atoms with Gasteiger partial charge in [-0.1, -0.05) is 24.3 Å². The minimum Gasteiger partial charge on any atom is -0.466 e. The van der Waals surface area contributed by atoms with Crippen molar-refractivity contribution in [2.24, 2.45) is 0 Å². The molecule has 3 rings (SSSR count). The molecule has 0 bridgehead atoms. The number of carbonyl (C=O) groups is 1. The van der Waals surface area contributed by atoms with Crippen LogP contribution in [0.2, 0.25) is 0 Å². The number of hydrogen-bond donors (Lipinski definition) is 1. The van der Waals surface area contributed by atoms with Gasteiger partial charge in [-0.25, -0.2) is 0 Å². The lowest BCUT2D eigenvalue weighted by Crippen LogP contribution is -2.08. The van der Waals surface area contributed by atoms with Crippen molar-refractivity contribution >= 4 is 5.78 Å². The van der Waals surface area contributed by atoms with E-state index in [1.165, 1.54) is 12.5 Å². The number of aliphatic hydroxyl groups is 1. The summed E-state index contributed by atoms with van der Waals surface area (Å²) in [6, 6.07) is 13.5. The first-order valence-corrected chi connectivity index (χ1v) is 6.16. The standard InChI is InChI=1S/C16H12O4/c17-15(13-7-3-9-19-13)11-5-1-2-6-12(11)16(18)14-8-4-10-20-14/h1-10,15,17H/t15-/m0/s1. The van der Waals surface area contributed by atoms with Crippen molar-refractivity contribution in [1.82, 2.24) is 0 Å². The fourth-order valence-corrected chi connectivity index (χ4v) is 2.08. The topological polar surface area (TPSA) is 63.6 Å². The van der Waals surface area contributed by atoms with E-state index < -0.39 is 6.10 Å². The van der Waals surface area contributed by atoms with Crippen LogP contribution in [0, 0.1) is 0 Å². The average molecular weight is 268 g/mol. The molecule has 0 aliphatic heterocycles. The Labute approximate surface area is 115 Å². The highest BCUT2D eigenvalue weighted by atomic mass is 16.4. The van der Waals surface area contributed by atoms with E-state index in [4.69, 9.17) is 8.83 Å². The van der Waals surface area contributed by atoms with E-state index in [0.717, 1.165) is 0 Å². The zero-order valence-corrected chi connectivity index (χ0v) is 10.5. The summed E-state index contributed by atoms with van der Waals surface area (Å²) < 4.78 is 10.3. The molecular formula is C16H12O4. The Morgan fingerprint density at radius 2 is 1.70 bits per heavy atom. The van der Waals surface area contributed by atoms with E-state index in [9.17, 15) is 9.90 Å². The molecular weight excluding hydrogens is 256 g/mol. The Balaban J connectivity index is 2.03. The first-order valence-electron chi connectivity index (χ1n) is 6.16. The first-order chi connectivity index (χ1) is 9.77. The molecule has 2 heterocycles. The highest BCUT2D eigenvalue weighted by Crippen LogP contribution is 2.26. The van der Waals surface area contributed by atoms with Crippen LogP contribution >= 0.6 is 0 Å². The molecule has 3 aromatic rings. The third kappa shape index (κ3) is 2.17. The number of rotatable bonds is 4. The van der Waals surface area contributed by atoms with Crippen molar-refractivity contribution in [1.29, 1.82) is 0 Å². The fraction of sp³-hybridized carbons (Fsp3) is 0.0625. The van der Waals surface area contributed by atoms with Gasteiger partial charge in [0.25, 0.3) is 0 Å². The van der Waals surface area contributed by atoms with Crippen molar-refractivity contribution in [3.05, 3.63) is 83.7 Å². The molecule has 0 aliphatic carbocycles. The molecule has 0 radical (unpaired) electrons. The maximum Gasteiger partial charge on any atom is 0.228 e. The smallest absolute Gasteiger partial charge is 0.228 e. The van der Waals surface area contributed by atoms with Crippen LogP contribution in [0.5, 0.6) is 0 Å². The highest BCUT2D eigenvalue weighted by Gasteiger charge is 2.22. The molecule has 4 heteroatoms. The fourth-order valence-electron chi connectivity index (χ4n) is 2.08. The van der Waals surface area contributed by atoms with Gasteiger partial charge in [-0.3, -0.25) is 4.79 Å². The van der Waals surface area contributed by atoms with Crippen molar-refractivity contribution < 1.29 is 18.7 Å². The number of hydrogen-bond acceptors (Lipinski definition) is 4. The second-order valence-electron chi connectivity index (χ2n) is 4.31. The number of furan rings is 2. The Hall–Kier alpha value is -2.59. The number of ketones is 1. The zero-order chi connectivity index (χ0) is 13.9. The Bertz CT molecular complexity index is 696. The molecule has 0 unspecified atom stereocenters. The van der Waals surface area contributed by atoms with Gasteiger partial charge in [-0.05, 0) is 29.8 Å². The van der Waals surface area contributed by atoms with E-state index in [1.807, 2.05) is 0 Å². The average Bonchev–Trinajstić information content (AvgIpc) is 3.18. The molecule has 4 nitrogen and oxygen atoms in total. The molecule has 0 saturated heterocycles. The van der Waals surface area contributed by atoms with Crippen LogP contribution in [0.25, 0.3) is 0 Å². The molecule has 1 aromatic carbocycles. The number of benzene rings is 1. The molecule has 2 aromatic heterocycles. The molecule has 0 amide bonds. The van der Waals surface area contributed by atoms with Crippen LogP contribution in [-0.2, 0) is 0 Å². The van der Waals surface area contributed by atoms with E-state index in [-0.39, 0.29) is 11.5 Å². The summed E-state index contributed by atoms with van der Waals surface area (Å²) in [7, 11) is 0. The van der Waals surface area contributed by atoms with Crippen LogP contribution in [0.3, 0.4) is 0 Å². The van der Waals surface area contributed by atoms with Gasteiger partial charge >= 0.3 is 0 Å². The van der Waals surface area contributed by atoms with Crippen LogP contribution in [0.1, 0.15) is 33.5 Å². The minimum absolute atomic E-state index is 0.240. The molecule has 100 valence electrons. The van der Waals surface area contributed by atoms with Crippen molar-refractivity contribution in [3.8, 4) is 0 Å². The summed E-state index contributed by atoms with van der Waals surface area (Å²) in [4.78, 5) is 12.4. The second kappa shape index (κ2) is 5.19. The van der Waals surface area contributed by atoms with Crippen molar-refractivity contribution in [3.63, 3.8) is 0 Å². The van der Waals surface area contributed by atoms with E-state index in [1.54, 1.807) is 48.5 Å². The van der Waals surface area contributed by atoms with E-state index >= 15 is 0 Å². The predicted octanol–water partition coefficient (Wildman–Crippen LogP) is 3.19. The first kappa shape index (κ1) is 12.4. The van der Waals surface area contributed by atoms with Crippen LogP contribution in [-0.4, -0.2) is 10.9 Å². The molecule has 20 heavy (non-hydrogen) atoms. The van der Waals surface area contributed by atoms with Crippen LogP contribution in [0.4, 0.5) is 0 Å². The van der Waals surface area contributed by atoms with Gasteiger partial charge in [0.1, 0.15) is 11.9 Å². The van der Waals surface area contributed by atoms with Crippen LogP contribution in [0.15, 0.2) is 69.9 Å². The van der Waals surface area contributed by atoms with Gasteiger partial charge in [0.05, 0.1) is 12.5 Å². The molecule has 0 spiro atoms. The molecule has 0 saturated carbocycles. The highest BCUT2D eigenvalue weighted by molar-refractivity contribution is 6.08. The minimum atomic E-state index is -0.986. The summed E-state index contributed by atoms with van der Waals surface area (Å²) in [6.07, 6.45) is 1.94. The third-order valence-corrected chi connectivity index (χ3v) is 3.06. The molecule has 0 fully saturated rings. The van der Waals surface area contributed by atoms with Gasteiger partial charge in [0, 0.05) is 5.56 Å². The van der Waals surface area contributed by atoms with E-state index in [0.29, 0.717) is 16.9 Å². The predicted molar refractivity (Wildman–Crippen MR) is 71.4 cm³/mol. The van der Waals surface area contributed by atoms with Gasteiger partial charge in [0.2, 0.25) is 5.78 Å². The monoisotopic (exact) mass is 268 g/mol. The van der Waals surface area contributed by atoms with Gasteiger partial charge in [0.15, 0.2) is 5.76 Å². The summed E-state index contributed by atoms with van der Waals surface area (Å²) in [5.41, 5.74) is 0.884. The summed E-state index contributed by atoms with van der Waals surface area (Å²) in [5, 5.41) is 10.3. The van der Waals surface area contributed by atoms with Gasteiger partial charge in [-0.2, -0.15) is 0 Å². The third-order valence-electron chi connectivity index (χ3n) is 3.06. The normalized spacial score (nSPS) is 12.2. The number of aliphatic hydroxyl groups excluding tert-OH is 1. The number of carbonyl (C=O) groups excluding carboxylic acids is 1. The molecule has 0 aliphatic rings. The molecule has 1 N–H and O–H groups in total. The SMILES string of the molecule is O=C(c1ccco1)c1ccccc1[C@H](O)c1ccco1. The van der Waals surface area contributed by atoms with Crippen LogP contribution < -0.4 is 0 Å². The van der Waals surface area contributed by atoms with Crippen molar-refractivity contribution in [2.75, 3.05) is 0 Å². The Morgan fingerprint density at radius 1 is 0.950 bits per heavy atom. The zero-order valence-electron chi connectivity index (χ0n) is 10.5. The van der Waals surface area contributed by atoms with E-state index in [2.05, 4.69) is 0 Å². The summed E-state index contributed by atoms with van der Waals surface area (Å²) >= 11 is 0. The molecule has 1 atom stereocenters. The lowest BCUT2D eigenvalue weighted by Gasteiger charge is -2.12. The maximum atomic E-state index is 12.4. The Morgan fingerprint density at radius 3 is 2.40 bits per heavy atom.